The van der Waals surface area contributed by atoms with Crippen LogP contribution in [-0.2, 0) is 13.0 Å². The summed E-state index contributed by atoms with van der Waals surface area (Å²) in [5.41, 5.74) is 1.19. The average molecular weight is 280 g/mol. The van der Waals surface area contributed by atoms with Crippen molar-refractivity contribution in [1.82, 2.24) is 4.57 Å². The first-order valence-corrected chi connectivity index (χ1v) is 6.46. The molecule has 1 aromatic carbocycles. The minimum atomic E-state index is -1.11. The van der Waals surface area contributed by atoms with Gasteiger partial charge in [0.25, 0.3) is 0 Å². The van der Waals surface area contributed by atoms with Crippen molar-refractivity contribution >= 4 is 28.5 Å². The Hall–Kier alpha value is -1.81. The van der Waals surface area contributed by atoms with E-state index in [1.54, 1.807) is 10.6 Å². The summed E-state index contributed by atoms with van der Waals surface area (Å²) in [6.45, 7) is 4.28. The molecule has 0 radical (unpaired) electrons. The van der Waals surface area contributed by atoms with E-state index >= 15 is 0 Å². The zero-order valence-corrected chi connectivity index (χ0v) is 11.5. The number of aryl methyl sites for hydroxylation is 2. The first-order valence-electron chi connectivity index (χ1n) is 6.08. The number of nitrogens with zero attached hydrogens (tertiary/aromatic N) is 1. The zero-order valence-electron chi connectivity index (χ0n) is 10.7. The highest BCUT2D eigenvalue weighted by atomic mass is 35.5. The summed E-state index contributed by atoms with van der Waals surface area (Å²) in [7, 11) is 0. The van der Waals surface area contributed by atoms with Crippen molar-refractivity contribution in [3.8, 4) is 0 Å². The van der Waals surface area contributed by atoms with Gasteiger partial charge in [-0.1, -0.05) is 18.5 Å². The van der Waals surface area contributed by atoms with Crippen LogP contribution in [0.15, 0.2) is 23.0 Å². The Morgan fingerprint density at radius 2 is 2.00 bits per heavy atom. The van der Waals surface area contributed by atoms with Crippen LogP contribution in [0.25, 0.3) is 10.9 Å². The molecule has 5 heteroatoms. The Labute approximate surface area is 115 Å². The maximum absolute atomic E-state index is 12.0. The number of aromatic nitrogens is 1. The molecule has 0 unspecified atom stereocenters. The monoisotopic (exact) mass is 279 g/mol. The van der Waals surface area contributed by atoms with Gasteiger partial charge in [-0.2, -0.15) is 0 Å². The number of benzene rings is 1. The summed E-state index contributed by atoms with van der Waals surface area (Å²) < 4.78 is 1.60. The summed E-state index contributed by atoms with van der Waals surface area (Å²) >= 11 is 6.15. The maximum atomic E-state index is 12.0. The standard InChI is InChI=1S/C14H14ClNO3/c1-3-8-5-9(15)13-10(6-8)16(4-2)11(14(18)19)7-12(13)17/h5-7H,3-4H2,1-2H3,(H,18,19). The Morgan fingerprint density at radius 3 is 2.53 bits per heavy atom. The van der Waals surface area contributed by atoms with Crippen molar-refractivity contribution in [3.63, 3.8) is 0 Å². The summed E-state index contributed by atoms with van der Waals surface area (Å²) in [5.74, 6) is -1.11. The Balaban J connectivity index is 3.00. The molecule has 0 atom stereocenters. The van der Waals surface area contributed by atoms with Gasteiger partial charge >= 0.3 is 5.97 Å². The molecule has 0 saturated carbocycles. The lowest BCUT2D eigenvalue weighted by Gasteiger charge is -2.14. The predicted octanol–water partition coefficient (Wildman–Crippen LogP) is 2.94. The molecule has 1 aromatic heterocycles. The van der Waals surface area contributed by atoms with Crippen LogP contribution in [0.3, 0.4) is 0 Å². The van der Waals surface area contributed by atoms with Crippen LogP contribution < -0.4 is 5.43 Å². The average Bonchev–Trinajstić information content (AvgIpc) is 2.37. The number of hydrogen-bond donors (Lipinski definition) is 1. The molecule has 2 rings (SSSR count). The number of rotatable bonds is 3. The quantitative estimate of drug-likeness (QED) is 0.940. The van der Waals surface area contributed by atoms with Crippen LogP contribution >= 0.6 is 11.6 Å². The third-order valence-electron chi connectivity index (χ3n) is 3.17. The Morgan fingerprint density at radius 1 is 1.32 bits per heavy atom. The highest BCUT2D eigenvalue weighted by Gasteiger charge is 2.15. The van der Waals surface area contributed by atoms with Crippen molar-refractivity contribution in [3.05, 3.63) is 44.7 Å². The Kier molecular flexibility index (Phi) is 3.62. The van der Waals surface area contributed by atoms with Crippen molar-refractivity contribution in [2.75, 3.05) is 0 Å². The number of fused-ring (bicyclic) bond motifs is 1. The number of pyridine rings is 1. The van der Waals surface area contributed by atoms with E-state index in [1.807, 2.05) is 19.9 Å². The van der Waals surface area contributed by atoms with Crippen molar-refractivity contribution in [2.45, 2.75) is 26.8 Å². The molecule has 0 amide bonds. The fraction of sp³-hybridized carbons (Fsp3) is 0.286. The number of carboxylic acid groups (broad SMARTS) is 1. The van der Waals surface area contributed by atoms with Crippen LogP contribution in [0.5, 0.6) is 0 Å². The largest absolute Gasteiger partial charge is 0.477 e. The van der Waals surface area contributed by atoms with E-state index in [2.05, 4.69) is 0 Å². The number of carboxylic acids is 1. The van der Waals surface area contributed by atoms with Crippen molar-refractivity contribution in [1.29, 1.82) is 0 Å². The fourth-order valence-corrected chi connectivity index (χ4v) is 2.56. The molecule has 0 aliphatic carbocycles. The van der Waals surface area contributed by atoms with Gasteiger partial charge in [0.1, 0.15) is 5.69 Å². The van der Waals surface area contributed by atoms with Gasteiger partial charge in [0.05, 0.1) is 15.9 Å². The summed E-state index contributed by atoms with van der Waals surface area (Å²) in [6.07, 6.45) is 0.769. The molecule has 0 aliphatic heterocycles. The first kappa shape index (κ1) is 13.6. The third-order valence-corrected chi connectivity index (χ3v) is 3.47. The normalized spacial score (nSPS) is 10.9. The summed E-state index contributed by atoms with van der Waals surface area (Å²) in [6, 6.07) is 4.72. The lowest BCUT2D eigenvalue weighted by Crippen LogP contribution is -2.18. The van der Waals surface area contributed by atoms with E-state index in [-0.39, 0.29) is 11.1 Å². The van der Waals surface area contributed by atoms with Gasteiger partial charge in [0, 0.05) is 12.6 Å². The lowest BCUT2D eigenvalue weighted by molar-refractivity contribution is 0.0685. The number of halogens is 1. The van der Waals surface area contributed by atoms with E-state index in [1.165, 1.54) is 0 Å². The van der Waals surface area contributed by atoms with Crippen molar-refractivity contribution in [2.24, 2.45) is 0 Å². The molecule has 1 heterocycles. The van der Waals surface area contributed by atoms with E-state index in [4.69, 9.17) is 11.6 Å². The van der Waals surface area contributed by atoms with Crippen LogP contribution in [-0.4, -0.2) is 15.6 Å². The molecule has 0 fully saturated rings. The van der Waals surface area contributed by atoms with E-state index < -0.39 is 5.97 Å². The lowest BCUT2D eigenvalue weighted by atomic mass is 10.1. The molecule has 1 N–H and O–H groups in total. The first-order chi connectivity index (χ1) is 8.99. The number of hydrogen-bond acceptors (Lipinski definition) is 2. The highest BCUT2D eigenvalue weighted by molar-refractivity contribution is 6.35. The van der Waals surface area contributed by atoms with Gasteiger partial charge in [-0.15, -0.1) is 0 Å². The molecule has 19 heavy (non-hydrogen) atoms. The third kappa shape index (κ3) is 2.24. The minimum Gasteiger partial charge on any atom is -0.477 e. The van der Waals surface area contributed by atoms with Crippen LogP contribution in [0.2, 0.25) is 5.02 Å². The summed E-state index contributed by atoms with van der Waals surface area (Å²) in [4.78, 5) is 23.3. The molecule has 100 valence electrons. The second-order valence-electron chi connectivity index (χ2n) is 4.27. The van der Waals surface area contributed by atoms with Gasteiger partial charge in [-0.05, 0) is 31.0 Å². The molecular formula is C14H14ClNO3. The maximum Gasteiger partial charge on any atom is 0.352 e. The number of aromatic carboxylic acids is 1. The second kappa shape index (κ2) is 5.05. The predicted molar refractivity (Wildman–Crippen MR) is 75.2 cm³/mol. The molecule has 4 nitrogen and oxygen atoms in total. The second-order valence-corrected chi connectivity index (χ2v) is 4.68. The zero-order chi connectivity index (χ0) is 14.2. The highest BCUT2D eigenvalue weighted by Crippen LogP contribution is 2.24. The van der Waals surface area contributed by atoms with Crippen LogP contribution in [0.4, 0.5) is 0 Å². The van der Waals surface area contributed by atoms with Gasteiger partial charge < -0.3 is 9.67 Å². The van der Waals surface area contributed by atoms with Gasteiger partial charge in [0.2, 0.25) is 0 Å². The van der Waals surface area contributed by atoms with E-state index in [9.17, 15) is 14.7 Å². The smallest absolute Gasteiger partial charge is 0.352 e. The topological polar surface area (TPSA) is 59.3 Å². The van der Waals surface area contributed by atoms with Crippen molar-refractivity contribution < 1.29 is 9.90 Å². The molecule has 2 aromatic rings. The van der Waals surface area contributed by atoms with Crippen LogP contribution in [0, 0.1) is 0 Å². The molecule has 0 aliphatic rings. The minimum absolute atomic E-state index is 0.00989. The molecule has 0 bridgehead atoms. The van der Waals surface area contributed by atoms with E-state index in [0.29, 0.717) is 22.5 Å². The molecular weight excluding hydrogens is 266 g/mol. The van der Waals surface area contributed by atoms with E-state index in [0.717, 1.165) is 18.1 Å². The summed E-state index contributed by atoms with van der Waals surface area (Å²) in [5, 5.41) is 9.94. The number of carbonyl (C=O) groups is 1. The van der Waals surface area contributed by atoms with Crippen LogP contribution in [0.1, 0.15) is 29.9 Å². The Bertz CT molecular complexity index is 719. The molecule has 0 spiro atoms. The van der Waals surface area contributed by atoms with Gasteiger partial charge in [-0.25, -0.2) is 4.79 Å². The van der Waals surface area contributed by atoms with Gasteiger partial charge in [-0.3, -0.25) is 4.79 Å². The molecule has 0 saturated heterocycles. The fourth-order valence-electron chi connectivity index (χ4n) is 2.23. The van der Waals surface area contributed by atoms with Gasteiger partial charge in [0.15, 0.2) is 5.43 Å². The SMILES string of the molecule is CCc1cc(Cl)c2c(=O)cc(C(=O)O)n(CC)c2c1.